The molecule has 0 aliphatic carbocycles. The lowest BCUT2D eigenvalue weighted by molar-refractivity contribution is -0.137. The first-order valence-electron chi connectivity index (χ1n) is 9.41. The van der Waals surface area contributed by atoms with Crippen molar-refractivity contribution in [2.24, 2.45) is 0 Å². The number of nitrogens with one attached hydrogen (secondary N) is 2. The topological polar surface area (TPSA) is 111 Å². The number of hydrogen-bond acceptors (Lipinski definition) is 7. The summed E-state index contributed by atoms with van der Waals surface area (Å²) >= 11 is 1.44. The van der Waals surface area contributed by atoms with E-state index in [9.17, 15) is 18.0 Å². The minimum atomic E-state index is -4.73. The molecule has 4 aromatic rings. The van der Waals surface area contributed by atoms with Gasteiger partial charge in [-0.1, -0.05) is 25.2 Å². The Kier molecular flexibility index (Phi) is 5.50. The summed E-state index contributed by atoms with van der Waals surface area (Å²) in [6, 6.07) is 0.0414. The fourth-order valence-corrected chi connectivity index (χ4v) is 3.96. The maximum absolute atomic E-state index is 13.5. The largest absolute Gasteiger partial charge is 0.420 e. The molecule has 0 unspecified atom stereocenters. The predicted molar refractivity (Wildman–Crippen MR) is 113 cm³/mol. The van der Waals surface area contributed by atoms with Crippen LogP contribution in [-0.2, 0) is 6.18 Å². The molecule has 0 fully saturated rings. The van der Waals surface area contributed by atoms with Gasteiger partial charge in [-0.3, -0.25) is 0 Å². The van der Waals surface area contributed by atoms with Crippen molar-refractivity contribution in [2.75, 3.05) is 10.6 Å². The normalized spacial score (nSPS) is 11.8. The molecule has 4 rings (SSSR count). The molecule has 13 heteroatoms. The van der Waals surface area contributed by atoms with Crippen molar-refractivity contribution in [2.45, 2.75) is 32.9 Å². The summed E-state index contributed by atoms with van der Waals surface area (Å²) in [5.74, 6) is -0.472. The first-order valence-corrected chi connectivity index (χ1v) is 10.2. The number of rotatable bonds is 4. The van der Waals surface area contributed by atoms with Crippen LogP contribution in [0.1, 0.15) is 35.9 Å². The van der Waals surface area contributed by atoms with E-state index in [2.05, 4.69) is 35.8 Å². The Balaban J connectivity index is 1.62. The minimum Gasteiger partial charge on any atom is -0.306 e. The zero-order chi connectivity index (χ0) is 23.0. The second kappa shape index (κ2) is 8.15. The van der Waals surface area contributed by atoms with E-state index in [0.717, 1.165) is 32.5 Å². The smallest absolute Gasteiger partial charge is 0.306 e. The number of halogens is 3. The summed E-state index contributed by atoms with van der Waals surface area (Å²) < 4.78 is 40.6. The molecule has 2 N–H and O–H groups in total. The van der Waals surface area contributed by atoms with E-state index < -0.39 is 23.6 Å². The third-order valence-electron chi connectivity index (χ3n) is 4.44. The van der Waals surface area contributed by atoms with Crippen LogP contribution < -0.4 is 10.6 Å². The van der Waals surface area contributed by atoms with Crippen LogP contribution in [0.5, 0.6) is 0 Å². The van der Waals surface area contributed by atoms with Crippen LogP contribution in [0.3, 0.4) is 0 Å². The molecule has 0 radical (unpaired) electrons. The van der Waals surface area contributed by atoms with Crippen molar-refractivity contribution in [3.8, 4) is 5.82 Å². The summed E-state index contributed by atoms with van der Waals surface area (Å²) in [6.07, 6.45) is 0.361. The van der Waals surface area contributed by atoms with Gasteiger partial charge >= 0.3 is 12.2 Å². The van der Waals surface area contributed by atoms with Crippen molar-refractivity contribution in [1.29, 1.82) is 0 Å². The average Bonchev–Trinajstić information content (AvgIpc) is 3.35. The zero-order valence-corrected chi connectivity index (χ0v) is 17.9. The van der Waals surface area contributed by atoms with Gasteiger partial charge in [-0.25, -0.2) is 19.7 Å². The van der Waals surface area contributed by atoms with Crippen LogP contribution in [0.25, 0.3) is 16.2 Å². The fourth-order valence-electron chi connectivity index (χ4n) is 3.19. The Labute approximate surface area is 183 Å². The molecular formula is C19H17F3N8OS. The third-order valence-corrected chi connectivity index (χ3v) is 5.31. The molecule has 0 spiro atoms. The minimum absolute atomic E-state index is 0.0247. The van der Waals surface area contributed by atoms with E-state index in [-0.39, 0.29) is 11.6 Å². The second-order valence-electron chi connectivity index (χ2n) is 7.12. The monoisotopic (exact) mass is 462 g/mol. The predicted octanol–water partition coefficient (Wildman–Crippen LogP) is 4.76. The number of hydrogen-bond donors (Lipinski definition) is 2. The van der Waals surface area contributed by atoms with Gasteiger partial charge in [-0.2, -0.15) is 23.4 Å². The van der Waals surface area contributed by atoms with Gasteiger partial charge in [0.15, 0.2) is 5.82 Å². The number of carbonyl (C=O) groups excluding carboxylic acids is 1. The standard InChI is InChI=1S/C19H17F3N8OS/c1-9(2)14-13(8-24-17-15(14)27-10(3)32-17)29-18(31)28-11-6-12(19(20,21)22)16(23-7-11)30-25-4-5-26-30/h4-9H,1-3H3,(H2,28,29,31). The number of aromatic nitrogens is 6. The number of thiazole rings is 1. The first kappa shape index (κ1) is 21.6. The molecule has 0 bridgehead atoms. The number of aryl methyl sites for hydroxylation is 1. The molecular weight excluding hydrogens is 445 g/mol. The third kappa shape index (κ3) is 4.23. The van der Waals surface area contributed by atoms with E-state index in [1.54, 1.807) is 0 Å². The van der Waals surface area contributed by atoms with Crippen molar-refractivity contribution >= 4 is 39.1 Å². The molecule has 166 valence electrons. The Morgan fingerprint density at radius 2 is 1.84 bits per heavy atom. The second-order valence-corrected chi connectivity index (χ2v) is 8.30. The quantitative estimate of drug-likeness (QED) is 0.452. The Morgan fingerprint density at radius 1 is 1.12 bits per heavy atom. The molecule has 0 aliphatic heterocycles. The fraction of sp³-hybridized carbons (Fsp3) is 0.263. The number of pyridine rings is 2. The molecule has 2 amide bonds. The Bertz CT molecular complexity index is 1280. The maximum Gasteiger partial charge on any atom is 0.420 e. The first-order chi connectivity index (χ1) is 15.1. The van der Waals surface area contributed by atoms with E-state index in [0.29, 0.717) is 11.2 Å². The van der Waals surface area contributed by atoms with Crippen molar-refractivity contribution in [3.05, 3.63) is 47.0 Å². The molecule has 0 aromatic carbocycles. The lowest BCUT2D eigenvalue weighted by Gasteiger charge is -2.16. The van der Waals surface area contributed by atoms with Crippen LogP contribution in [-0.4, -0.2) is 36.0 Å². The van der Waals surface area contributed by atoms with E-state index in [4.69, 9.17) is 0 Å². The summed E-state index contributed by atoms with van der Waals surface area (Å²) in [7, 11) is 0. The summed E-state index contributed by atoms with van der Waals surface area (Å²) in [6.45, 7) is 5.77. The number of amides is 2. The van der Waals surface area contributed by atoms with Crippen LogP contribution >= 0.6 is 11.3 Å². The number of fused-ring (bicyclic) bond motifs is 1. The summed E-state index contributed by atoms with van der Waals surface area (Å²) in [5.41, 5.74) is 0.684. The summed E-state index contributed by atoms with van der Waals surface area (Å²) in [5, 5.41) is 13.3. The highest BCUT2D eigenvalue weighted by Crippen LogP contribution is 2.35. The highest BCUT2D eigenvalue weighted by molar-refractivity contribution is 7.18. The van der Waals surface area contributed by atoms with Gasteiger partial charge < -0.3 is 10.6 Å². The molecule has 32 heavy (non-hydrogen) atoms. The van der Waals surface area contributed by atoms with Crippen LogP contribution in [0.15, 0.2) is 30.9 Å². The number of carbonyl (C=O) groups is 1. The van der Waals surface area contributed by atoms with Gasteiger partial charge in [0.1, 0.15) is 15.9 Å². The maximum atomic E-state index is 13.5. The highest BCUT2D eigenvalue weighted by atomic mass is 32.1. The van der Waals surface area contributed by atoms with Crippen LogP contribution in [0.2, 0.25) is 0 Å². The number of nitrogens with zero attached hydrogens (tertiary/aromatic N) is 6. The zero-order valence-electron chi connectivity index (χ0n) is 17.1. The Morgan fingerprint density at radius 3 is 2.50 bits per heavy atom. The van der Waals surface area contributed by atoms with Crippen LogP contribution in [0, 0.1) is 6.92 Å². The molecule has 4 heterocycles. The molecule has 0 saturated carbocycles. The van der Waals surface area contributed by atoms with Crippen LogP contribution in [0.4, 0.5) is 29.3 Å². The van der Waals surface area contributed by atoms with E-state index in [1.165, 1.54) is 29.9 Å². The Hall–Kier alpha value is -3.61. The number of alkyl halides is 3. The average molecular weight is 462 g/mol. The number of urea groups is 1. The van der Waals surface area contributed by atoms with Crippen molar-refractivity contribution in [3.63, 3.8) is 0 Å². The van der Waals surface area contributed by atoms with Crippen molar-refractivity contribution in [1.82, 2.24) is 29.9 Å². The molecule has 0 atom stereocenters. The van der Waals surface area contributed by atoms with Crippen molar-refractivity contribution < 1.29 is 18.0 Å². The summed E-state index contributed by atoms with van der Waals surface area (Å²) in [4.78, 5) is 26.7. The van der Waals surface area contributed by atoms with Gasteiger partial charge in [0.25, 0.3) is 0 Å². The lowest BCUT2D eigenvalue weighted by Crippen LogP contribution is -2.22. The van der Waals surface area contributed by atoms with Gasteiger partial charge in [0.2, 0.25) is 0 Å². The molecule has 9 nitrogen and oxygen atoms in total. The SMILES string of the molecule is Cc1nc2c(C(C)C)c(NC(=O)Nc3cnc(-n4nccn4)c(C(F)(F)F)c3)cnc2s1. The number of anilines is 2. The van der Waals surface area contributed by atoms with Gasteiger partial charge in [0, 0.05) is 5.56 Å². The van der Waals surface area contributed by atoms with E-state index >= 15 is 0 Å². The van der Waals surface area contributed by atoms with Gasteiger partial charge in [-0.15, -0.1) is 4.80 Å². The van der Waals surface area contributed by atoms with E-state index in [1.807, 2.05) is 20.8 Å². The molecule has 0 saturated heterocycles. The van der Waals surface area contributed by atoms with Gasteiger partial charge in [-0.05, 0) is 18.9 Å². The highest BCUT2D eigenvalue weighted by Gasteiger charge is 2.36. The molecule has 0 aliphatic rings. The van der Waals surface area contributed by atoms with Gasteiger partial charge in [0.05, 0.1) is 41.2 Å². The molecule has 4 aromatic heterocycles. The lowest BCUT2D eigenvalue weighted by atomic mass is 10.0.